The highest BCUT2D eigenvalue weighted by atomic mass is 35.5. The van der Waals surface area contributed by atoms with Gasteiger partial charge >= 0.3 is 0 Å². The van der Waals surface area contributed by atoms with Gasteiger partial charge in [0, 0.05) is 23.3 Å². The van der Waals surface area contributed by atoms with Crippen LogP contribution in [0.25, 0.3) is 10.4 Å². The number of hydrogen-bond acceptors (Lipinski definition) is 3. The molecule has 2 nitrogen and oxygen atoms in total. The SMILES string of the molecule is Fc1cccc(CCNCc2ncc(-c3ccccc3Cl)s2)c1. The number of halogens is 2. The van der Waals surface area contributed by atoms with Crippen molar-refractivity contribution in [2.24, 2.45) is 0 Å². The lowest BCUT2D eigenvalue weighted by atomic mass is 10.1. The minimum Gasteiger partial charge on any atom is -0.310 e. The molecule has 0 saturated carbocycles. The summed E-state index contributed by atoms with van der Waals surface area (Å²) in [6.45, 7) is 1.48. The lowest BCUT2D eigenvalue weighted by Gasteiger charge is -2.03. The molecule has 1 N–H and O–H groups in total. The lowest BCUT2D eigenvalue weighted by Crippen LogP contribution is -2.16. The van der Waals surface area contributed by atoms with Crippen molar-refractivity contribution in [2.75, 3.05) is 6.54 Å². The summed E-state index contributed by atoms with van der Waals surface area (Å²) in [4.78, 5) is 5.50. The van der Waals surface area contributed by atoms with Crippen LogP contribution >= 0.6 is 22.9 Å². The summed E-state index contributed by atoms with van der Waals surface area (Å²) < 4.78 is 13.1. The van der Waals surface area contributed by atoms with Crippen molar-refractivity contribution >= 4 is 22.9 Å². The molecule has 0 aliphatic carbocycles. The summed E-state index contributed by atoms with van der Waals surface area (Å²) in [6, 6.07) is 14.5. The highest BCUT2D eigenvalue weighted by molar-refractivity contribution is 7.15. The van der Waals surface area contributed by atoms with E-state index in [0.717, 1.165) is 39.0 Å². The fraction of sp³-hybridized carbons (Fsp3) is 0.167. The zero-order valence-electron chi connectivity index (χ0n) is 12.4. The molecule has 0 fully saturated rings. The Morgan fingerprint density at radius 3 is 2.83 bits per heavy atom. The van der Waals surface area contributed by atoms with Gasteiger partial charge in [-0.1, -0.05) is 41.9 Å². The van der Waals surface area contributed by atoms with Gasteiger partial charge in [0.25, 0.3) is 0 Å². The van der Waals surface area contributed by atoms with Gasteiger partial charge in [-0.05, 0) is 36.7 Å². The normalized spacial score (nSPS) is 10.9. The first-order chi connectivity index (χ1) is 11.2. The third kappa shape index (κ3) is 4.38. The smallest absolute Gasteiger partial charge is 0.123 e. The van der Waals surface area contributed by atoms with Gasteiger partial charge in [-0.15, -0.1) is 11.3 Å². The summed E-state index contributed by atoms with van der Waals surface area (Å²) in [5.74, 6) is -0.188. The standard InChI is InChI=1S/C18H16ClFN2S/c19-16-7-2-1-6-15(16)17-11-22-18(23-17)12-21-9-8-13-4-3-5-14(20)10-13/h1-7,10-11,21H,8-9,12H2. The number of benzene rings is 2. The molecule has 2 aromatic carbocycles. The molecule has 1 aromatic heterocycles. The van der Waals surface area contributed by atoms with Gasteiger partial charge in [-0.3, -0.25) is 0 Å². The van der Waals surface area contributed by atoms with Gasteiger partial charge in [-0.2, -0.15) is 0 Å². The van der Waals surface area contributed by atoms with Crippen LogP contribution in [0.1, 0.15) is 10.6 Å². The number of hydrogen-bond donors (Lipinski definition) is 1. The molecule has 0 spiro atoms. The molecule has 0 atom stereocenters. The predicted octanol–water partition coefficient (Wildman–Crippen LogP) is 4.93. The Morgan fingerprint density at radius 1 is 1.13 bits per heavy atom. The molecule has 118 valence electrons. The first kappa shape index (κ1) is 16.1. The summed E-state index contributed by atoms with van der Waals surface area (Å²) >= 11 is 7.84. The average Bonchev–Trinajstić information content (AvgIpc) is 3.01. The highest BCUT2D eigenvalue weighted by Crippen LogP contribution is 2.31. The second-order valence-corrected chi connectivity index (χ2v) is 6.68. The van der Waals surface area contributed by atoms with E-state index < -0.39 is 0 Å². The Kier molecular flexibility index (Phi) is 5.39. The third-order valence-corrected chi connectivity index (χ3v) is 4.81. The predicted molar refractivity (Wildman–Crippen MR) is 94.4 cm³/mol. The molecule has 5 heteroatoms. The van der Waals surface area contributed by atoms with Crippen LogP contribution in [0.4, 0.5) is 4.39 Å². The molecule has 23 heavy (non-hydrogen) atoms. The maximum absolute atomic E-state index is 13.1. The topological polar surface area (TPSA) is 24.9 Å². The third-order valence-electron chi connectivity index (χ3n) is 3.45. The van der Waals surface area contributed by atoms with E-state index >= 15 is 0 Å². The molecule has 3 aromatic rings. The summed E-state index contributed by atoms with van der Waals surface area (Å²) in [5, 5.41) is 5.09. The molecule has 0 saturated heterocycles. The second-order valence-electron chi connectivity index (χ2n) is 5.15. The largest absolute Gasteiger partial charge is 0.310 e. The molecule has 1 heterocycles. The molecule has 0 aliphatic heterocycles. The van der Waals surface area contributed by atoms with E-state index in [-0.39, 0.29) is 5.82 Å². The molecule has 0 aliphatic rings. The van der Waals surface area contributed by atoms with Gasteiger partial charge in [0.05, 0.1) is 4.88 Å². The fourth-order valence-electron chi connectivity index (χ4n) is 2.30. The van der Waals surface area contributed by atoms with E-state index in [1.807, 2.05) is 36.5 Å². The molecular weight excluding hydrogens is 331 g/mol. The number of rotatable bonds is 6. The quantitative estimate of drug-likeness (QED) is 0.640. The van der Waals surface area contributed by atoms with Crippen molar-refractivity contribution in [3.63, 3.8) is 0 Å². The van der Waals surface area contributed by atoms with Crippen molar-refractivity contribution in [3.05, 3.63) is 76.1 Å². The zero-order valence-corrected chi connectivity index (χ0v) is 14.0. The maximum Gasteiger partial charge on any atom is 0.123 e. The first-order valence-electron chi connectivity index (χ1n) is 7.37. The minimum atomic E-state index is -0.188. The summed E-state index contributed by atoms with van der Waals surface area (Å²) in [6.07, 6.45) is 2.65. The molecule has 0 amide bonds. The monoisotopic (exact) mass is 346 g/mol. The Balaban J connectivity index is 1.53. The van der Waals surface area contributed by atoms with Crippen LogP contribution in [0, 0.1) is 5.82 Å². The number of nitrogens with one attached hydrogen (secondary N) is 1. The number of thiazole rings is 1. The van der Waals surface area contributed by atoms with Crippen LogP contribution in [-0.2, 0) is 13.0 Å². The Morgan fingerprint density at radius 2 is 2.00 bits per heavy atom. The van der Waals surface area contributed by atoms with Gasteiger partial charge in [0.1, 0.15) is 10.8 Å². The van der Waals surface area contributed by atoms with Crippen molar-refractivity contribution in [2.45, 2.75) is 13.0 Å². The number of aromatic nitrogens is 1. The summed E-state index contributed by atoms with van der Waals surface area (Å²) in [5.41, 5.74) is 2.01. The van der Waals surface area contributed by atoms with Crippen LogP contribution < -0.4 is 5.32 Å². The molecule has 0 unspecified atom stereocenters. The average molecular weight is 347 g/mol. The molecule has 0 radical (unpaired) electrons. The van der Waals surface area contributed by atoms with Crippen molar-refractivity contribution in [3.8, 4) is 10.4 Å². The van der Waals surface area contributed by atoms with Crippen molar-refractivity contribution < 1.29 is 4.39 Å². The first-order valence-corrected chi connectivity index (χ1v) is 8.56. The van der Waals surface area contributed by atoms with Crippen LogP contribution in [0.15, 0.2) is 54.7 Å². The van der Waals surface area contributed by atoms with E-state index in [2.05, 4.69) is 10.3 Å². The van der Waals surface area contributed by atoms with Gasteiger partial charge in [0.2, 0.25) is 0 Å². The zero-order chi connectivity index (χ0) is 16.1. The lowest BCUT2D eigenvalue weighted by molar-refractivity contribution is 0.622. The second kappa shape index (κ2) is 7.68. The van der Waals surface area contributed by atoms with E-state index in [0.29, 0.717) is 6.54 Å². The van der Waals surface area contributed by atoms with Gasteiger partial charge in [0.15, 0.2) is 0 Å². The van der Waals surface area contributed by atoms with Crippen LogP contribution in [0.2, 0.25) is 5.02 Å². The highest BCUT2D eigenvalue weighted by Gasteiger charge is 2.07. The summed E-state index contributed by atoms with van der Waals surface area (Å²) in [7, 11) is 0. The molecular formula is C18H16ClFN2S. The molecule has 3 rings (SSSR count). The Labute approximate surface area is 144 Å². The van der Waals surface area contributed by atoms with Crippen LogP contribution in [0.3, 0.4) is 0 Å². The van der Waals surface area contributed by atoms with E-state index in [4.69, 9.17) is 11.6 Å². The van der Waals surface area contributed by atoms with Crippen LogP contribution in [-0.4, -0.2) is 11.5 Å². The van der Waals surface area contributed by atoms with E-state index in [9.17, 15) is 4.39 Å². The van der Waals surface area contributed by atoms with Crippen molar-refractivity contribution in [1.82, 2.24) is 10.3 Å². The maximum atomic E-state index is 13.1. The van der Waals surface area contributed by atoms with Gasteiger partial charge in [-0.25, -0.2) is 9.37 Å². The Bertz CT molecular complexity index is 788. The Hall–Kier alpha value is -1.75. The number of nitrogens with zero attached hydrogens (tertiary/aromatic N) is 1. The molecule has 0 bridgehead atoms. The van der Waals surface area contributed by atoms with E-state index in [1.54, 1.807) is 23.5 Å². The van der Waals surface area contributed by atoms with Crippen LogP contribution in [0.5, 0.6) is 0 Å². The van der Waals surface area contributed by atoms with Gasteiger partial charge < -0.3 is 5.32 Å². The van der Waals surface area contributed by atoms with E-state index in [1.165, 1.54) is 6.07 Å². The van der Waals surface area contributed by atoms with Crippen molar-refractivity contribution in [1.29, 1.82) is 0 Å². The fourth-order valence-corrected chi connectivity index (χ4v) is 3.52. The minimum absolute atomic E-state index is 0.188.